The van der Waals surface area contributed by atoms with Crippen LogP contribution in [0, 0.1) is 13.8 Å². The van der Waals surface area contributed by atoms with Crippen LogP contribution in [-0.2, 0) is 6.61 Å². The summed E-state index contributed by atoms with van der Waals surface area (Å²) in [5.41, 5.74) is 10.8. The third-order valence-corrected chi connectivity index (χ3v) is 7.33. The Morgan fingerprint density at radius 3 is 2.31 bits per heavy atom. The Morgan fingerprint density at radius 1 is 0.795 bits per heavy atom. The normalized spacial score (nSPS) is 11.1. The molecule has 1 heterocycles. The summed E-state index contributed by atoms with van der Waals surface area (Å²) in [4.78, 5) is 6.03. The molecule has 0 saturated heterocycles. The highest BCUT2D eigenvalue weighted by Gasteiger charge is 2.15. The van der Waals surface area contributed by atoms with Crippen LogP contribution in [0.3, 0.4) is 0 Å². The van der Waals surface area contributed by atoms with Crippen molar-refractivity contribution in [3.8, 4) is 33.2 Å². The number of benzene rings is 4. The van der Waals surface area contributed by atoms with Crippen LogP contribution in [0.1, 0.15) is 29.2 Å². The summed E-state index contributed by atoms with van der Waals surface area (Å²) in [6, 6.07) is 32.7. The molecule has 5 rings (SSSR count). The zero-order valence-corrected chi connectivity index (χ0v) is 23.2. The first kappa shape index (κ1) is 26.2. The molecule has 0 bridgehead atoms. The minimum Gasteiger partial charge on any atom is -0.490 e. The molecule has 196 valence electrons. The van der Waals surface area contributed by atoms with Gasteiger partial charge in [0, 0.05) is 5.56 Å². The molecule has 0 aliphatic heterocycles. The lowest BCUT2D eigenvalue weighted by Gasteiger charge is -2.12. The van der Waals surface area contributed by atoms with Gasteiger partial charge in [0.2, 0.25) is 5.13 Å². The maximum absolute atomic E-state index is 6.03. The number of ether oxygens (including phenoxy) is 2. The molecule has 4 aromatic carbocycles. The monoisotopic (exact) mass is 533 g/mol. The third-order valence-electron chi connectivity index (χ3n) is 6.32. The predicted octanol–water partition coefficient (Wildman–Crippen LogP) is 8.52. The molecule has 6 heteroatoms. The van der Waals surface area contributed by atoms with Gasteiger partial charge >= 0.3 is 0 Å². The highest BCUT2D eigenvalue weighted by atomic mass is 32.1. The van der Waals surface area contributed by atoms with Crippen molar-refractivity contribution < 1.29 is 9.47 Å². The van der Waals surface area contributed by atoms with Gasteiger partial charge in [0.05, 0.1) is 23.4 Å². The average Bonchev–Trinajstić information content (AvgIpc) is 3.39. The van der Waals surface area contributed by atoms with Gasteiger partial charge in [-0.1, -0.05) is 84.1 Å². The van der Waals surface area contributed by atoms with Gasteiger partial charge in [-0.3, -0.25) is 5.43 Å². The molecule has 0 aliphatic rings. The Bertz CT molecular complexity index is 1560. The van der Waals surface area contributed by atoms with Crippen molar-refractivity contribution in [2.45, 2.75) is 27.4 Å². The Balaban J connectivity index is 1.35. The fourth-order valence-electron chi connectivity index (χ4n) is 4.13. The van der Waals surface area contributed by atoms with Crippen molar-refractivity contribution in [3.05, 3.63) is 119 Å². The van der Waals surface area contributed by atoms with E-state index in [1.54, 1.807) is 17.6 Å². The molecule has 5 aromatic rings. The molecule has 5 nitrogen and oxygen atoms in total. The van der Waals surface area contributed by atoms with E-state index in [0.29, 0.717) is 24.7 Å². The standard InChI is InChI=1S/C33H31N3O2S/c1-4-37-30-20-26(16-18-29(30)38-22-25-11-7-5-8-12-25)21-34-36-33-35-31(28-17-15-23(2)24(3)19-28)32(39-33)27-13-9-6-10-14-27/h5-21H,4,22H2,1-3H3,(H,35,36)/b34-21-. The Morgan fingerprint density at radius 2 is 1.56 bits per heavy atom. The summed E-state index contributed by atoms with van der Waals surface area (Å²) >= 11 is 1.59. The second-order valence-corrected chi connectivity index (χ2v) is 10.1. The fourth-order valence-corrected chi connectivity index (χ4v) is 5.07. The maximum Gasteiger partial charge on any atom is 0.204 e. The number of nitrogens with one attached hydrogen (secondary N) is 1. The first-order valence-corrected chi connectivity index (χ1v) is 13.8. The van der Waals surface area contributed by atoms with E-state index in [9.17, 15) is 0 Å². The topological polar surface area (TPSA) is 55.7 Å². The molecule has 0 atom stereocenters. The van der Waals surface area contributed by atoms with Gasteiger partial charge in [0.1, 0.15) is 6.61 Å². The van der Waals surface area contributed by atoms with Gasteiger partial charge in [0.15, 0.2) is 11.5 Å². The molecule has 1 N–H and O–H groups in total. The Labute approximate surface area is 233 Å². The van der Waals surface area contributed by atoms with Crippen LogP contribution in [0.4, 0.5) is 5.13 Å². The maximum atomic E-state index is 6.03. The van der Waals surface area contributed by atoms with Crippen molar-refractivity contribution in [1.29, 1.82) is 0 Å². The quantitative estimate of drug-likeness (QED) is 0.144. The van der Waals surface area contributed by atoms with Crippen molar-refractivity contribution in [2.75, 3.05) is 12.0 Å². The molecule has 1 aromatic heterocycles. The van der Waals surface area contributed by atoms with Gasteiger partial charge in [-0.2, -0.15) is 5.10 Å². The highest BCUT2D eigenvalue weighted by molar-refractivity contribution is 7.19. The van der Waals surface area contributed by atoms with E-state index in [0.717, 1.165) is 38.0 Å². The van der Waals surface area contributed by atoms with Crippen molar-refractivity contribution in [3.63, 3.8) is 0 Å². The molecule has 0 unspecified atom stereocenters. The fraction of sp³-hybridized carbons (Fsp3) is 0.152. The van der Waals surface area contributed by atoms with Crippen molar-refractivity contribution >= 4 is 22.7 Å². The Kier molecular flexibility index (Phi) is 8.34. The molecular formula is C33H31N3O2S. The molecule has 0 fully saturated rings. The van der Waals surface area contributed by atoms with Crippen molar-refractivity contribution in [2.24, 2.45) is 5.10 Å². The molecule has 0 saturated carbocycles. The van der Waals surface area contributed by atoms with Gasteiger partial charge in [-0.25, -0.2) is 4.98 Å². The Hall–Kier alpha value is -4.42. The van der Waals surface area contributed by atoms with E-state index in [-0.39, 0.29) is 0 Å². The molecule has 0 spiro atoms. The van der Waals surface area contributed by atoms with E-state index in [1.807, 2.05) is 73.7 Å². The zero-order chi connectivity index (χ0) is 27.0. The summed E-state index contributed by atoms with van der Waals surface area (Å²) in [6.07, 6.45) is 1.77. The van der Waals surface area contributed by atoms with Crippen LogP contribution in [-0.4, -0.2) is 17.8 Å². The number of thiazole rings is 1. The minimum atomic E-state index is 0.479. The van der Waals surface area contributed by atoms with Gasteiger partial charge in [0.25, 0.3) is 0 Å². The smallest absolute Gasteiger partial charge is 0.204 e. The summed E-state index contributed by atoms with van der Waals surface area (Å²) in [6.45, 7) is 7.24. The SMILES string of the molecule is CCOc1cc(/C=N\Nc2nc(-c3ccc(C)c(C)c3)c(-c3ccccc3)s2)ccc1OCc1ccccc1. The van der Waals surface area contributed by atoms with E-state index in [1.165, 1.54) is 11.1 Å². The number of hydrazone groups is 1. The van der Waals surface area contributed by atoms with Crippen LogP contribution in [0.2, 0.25) is 0 Å². The summed E-state index contributed by atoms with van der Waals surface area (Å²) in [5, 5.41) is 5.21. The number of hydrogen-bond acceptors (Lipinski definition) is 6. The van der Waals surface area contributed by atoms with Crippen LogP contribution in [0.15, 0.2) is 102 Å². The average molecular weight is 534 g/mol. The number of aromatic nitrogens is 1. The van der Waals surface area contributed by atoms with E-state index < -0.39 is 0 Å². The largest absolute Gasteiger partial charge is 0.490 e. The number of hydrogen-bond donors (Lipinski definition) is 1. The summed E-state index contributed by atoms with van der Waals surface area (Å²) in [5.74, 6) is 1.39. The van der Waals surface area contributed by atoms with Crippen LogP contribution in [0.5, 0.6) is 11.5 Å². The highest BCUT2D eigenvalue weighted by Crippen LogP contribution is 2.39. The van der Waals surface area contributed by atoms with Crippen LogP contribution >= 0.6 is 11.3 Å². The molecular weight excluding hydrogens is 502 g/mol. The molecule has 0 radical (unpaired) electrons. The molecule has 0 aliphatic carbocycles. The zero-order valence-electron chi connectivity index (χ0n) is 22.3. The lowest BCUT2D eigenvalue weighted by Crippen LogP contribution is -2.00. The second-order valence-electron chi connectivity index (χ2n) is 9.15. The summed E-state index contributed by atoms with van der Waals surface area (Å²) in [7, 11) is 0. The number of nitrogens with zero attached hydrogens (tertiary/aromatic N) is 2. The molecule has 39 heavy (non-hydrogen) atoms. The number of rotatable bonds is 10. The van der Waals surface area contributed by atoms with E-state index >= 15 is 0 Å². The first-order chi connectivity index (χ1) is 19.1. The van der Waals surface area contributed by atoms with Gasteiger partial charge in [-0.15, -0.1) is 0 Å². The van der Waals surface area contributed by atoms with E-state index in [4.69, 9.17) is 14.5 Å². The predicted molar refractivity (Wildman–Crippen MR) is 162 cm³/mol. The number of anilines is 1. The minimum absolute atomic E-state index is 0.479. The van der Waals surface area contributed by atoms with Gasteiger partial charge in [-0.05, 0) is 72.9 Å². The van der Waals surface area contributed by atoms with Gasteiger partial charge < -0.3 is 9.47 Å². The first-order valence-electron chi connectivity index (χ1n) is 13.0. The molecule has 0 amide bonds. The lowest BCUT2D eigenvalue weighted by atomic mass is 10.0. The van der Waals surface area contributed by atoms with Crippen molar-refractivity contribution in [1.82, 2.24) is 4.98 Å². The van der Waals surface area contributed by atoms with E-state index in [2.05, 4.69) is 54.7 Å². The third kappa shape index (κ3) is 6.54. The van der Waals surface area contributed by atoms with Crippen LogP contribution < -0.4 is 14.9 Å². The number of aryl methyl sites for hydroxylation is 2. The summed E-state index contributed by atoms with van der Waals surface area (Å²) < 4.78 is 11.9. The lowest BCUT2D eigenvalue weighted by molar-refractivity contribution is 0.269. The second kappa shape index (κ2) is 12.4. The van der Waals surface area contributed by atoms with Crippen LogP contribution in [0.25, 0.3) is 21.7 Å².